The molecule has 0 aliphatic heterocycles. The second-order valence-electron chi connectivity index (χ2n) is 7.13. The number of carbonyl (C=O) groups is 2. The molecule has 0 aliphatic rings. The number of amides is 2. The van der Waals surface area contributed by atoms with Crippen LogP contribution in [0.4, 0.5) is 5.69 Å². The summed E-state index contributed by atoms with van der Waals surface area (Å²) in [6, 6.07) is 23.1. The molecule has 0 saturated carbocycles. The smallest absolute Gasteiger partial charge is 0.329 e. The van der Waals surface area contributed by atoms with Gasteiger partial charge in [0, 0.05) is 5.69 Å². The van der Waals surface area contributed by atoms with E-state index in [9.17, 15) is 19.2 Å². The maximum absolute atomic E-state index is 12.9. The van der Waals surface area contributed by atoms with Gasteiger partial charge in [-0.15, -0.1) is 0 Å². The van der Waals surface area contributed by atoms with Gasteiger partial charge < -0.3 is 15.6 Å². The third-order valence-electron chi connectivity index (χ3n) is 4.93. The molecule has 0 bridgehead atoms. The Labute approximate surface area is 182 Å². The molecular formula is C24H20N4O4. The summed E-state index contributed by atoms with van der Waals surface area (Å²) >= 11 is 0. The number of nitrogens with one attached hydrogen (secondary N) is 3. The van der Waals surface area contributed by atoms with Gasteiger partial charge in [-0.05, 0) is 29.8 Å². The normalized spacial score (nSPS) is 11.6. The number of aromatic amines is 1. The fraction of sp³-hybridized carbons (Fsp3) is 0.0833. The summed E-state index contributed by atoms with van der Waals surface area (Å²) in [4.78, 5) is 53.4. The van der Waals surface area contributed by atoms with Crippen molar-refractivity contribution in [1.82, 2.24) is 14.9 Å². The van der Waals surface area contributed by atoms with Crippen molar-refractivity contribution in [1.29, 1.82) is 0 Å². The first-order chi connectivity index (χ1) is 15.5. The van der Waals surface area contributed by atoms with Crippen LogP contribution in [0.25, 0.3) is 10.9 Å². The molecule has 4 aromatic rings. The third-order valence-corrected chi connectivity index (χ3v) is 4.93. The Morgan fingerprint density at radius 2 is 1.47 bits per heavy atom. The molecule has 0 aliphatic carbocycles. The van der Waals surface area contributed by atoms with E-state index in [0.29, 0.717) is 22.2 Å². The van der Waals surface area contributed by atoms with Crippen LogP contribution < -0.4 is 21.9 Å². The minimum Gasteiger partial charge on any atom is -0.339 e. The molecule has 160 valence electrons. The first-order valence-electron chi connectivity index (χ1n) is 9.95. The summed E-state index contributed by atoms with van der Waals surface area (Å²) in [5.74, 6) is -1.10. The summed E-state index contributed by atoms with van der Waals surface area (Å²) in [7, 11) is 0. The van der Waals surface area contributed by atoms with E-state index in [2.05, 4.69) is 15.6 Å². The first-order valence-corrected chi connectivity index (χ1v) is 9.95. The van der Waals surface area contributed by atoms with Crippen LogP contribution >= 0.6 is 0 Å². The number of fused-ring (bicyclic) bond motifs is 1. The lowest BCUT2D eigenvalue weighted by Gasteiger charge is -2.19. The van der Waals surface area contributed by atoms with Crippen molar-refractivity contribution in [3.05, 3.63) is 111 Å². The fourth-order valence-corrected chi connectivity index (χ4v) is 3.37. The van der Waals surface area contributed by atoms with Gasteiger partial charge in [0.15, 0.2) is 0 Å². The van der Waals surface area contributed by atoms with E-state index >= 15 is 0 Å². The van der Waals surface area contributed by atoms with E-state index in [1.54, 1.807) is 78.9 Å². The van der Waals surface area contributed by atoms with Crippen LogP contribution in [0.5, 0.6) is 0 Å². The predicted molar refractivity (Wildman–Crippen MR) is 121 cm³/mol. The molecule has 1 aromatic heterocycles. The SMILES string of the molecule is O=C(Cn1c(=O)[nH]c2ccccc2c1=O)NC(C(=O)Nc1ccccc1)c1ccccc1. The Morgan fingerprint density at radius 1 is 0.844 bits per heavy atom. The van der Waals surface area contributed by atoms with Crippen molar-refractivity contribution in [2.24, 2.45) is 0 Å². The Bertz CT molecular complexity index is 1380. The van der Waals surface area contributed by atoms with Crippen molar-refractivity contribution >= 4 is 28.4 Å². The molecule has 1 heterocycles. The second-order valence-corrected chi connectivity index (χ2v) is 7.13. The molecule has 8 nitrogen and oxygen atoms in total. The van der Waals surface area contributed by atoms with Gasteiger partial charge in [0.05, 0.1) is 10.9 Å². The van der Waals surface area contributed by atoms with E-state index in [1.165, 1.54) is 0 Å². The van der Waals surface area contributed by atoms with E-state index in [4.69, 9.17) is 0 Å². The number of aromatic nitrogens is 2. The van der Waals surface area contributed by atoms with Crippen LogP contribution in [-0.2, 0) is 16.1 Å². The number of carbonyl (C=O) groups excluding carboxylic acids is 2. The zero-order valence-corrected chi connectivity index (χ0v) is 16.9. The highest BCUT2D eigenvalue weighted by molar-refractivity contribution is 5.97. The van der Waals surface area contributed by atoms with Crippen LogP contribution in [0.2, 0.25) is 0 Å². The lowest BCUT2D eigenvalue weighted by Crippen LogP contribution is -2.43. The maximum Gasteiger partial charge on any atom is 0.329 e. The zero-order chi connectivity index (χ0) is 22.5. The summed E-state index contributed by atoms with van der Waals surface area (Å²) in [6.07, 6.45) is 0. The largest absolute Gasteiger partial charge is 0.339 e. The number of hydrogen-bond donors (Lipinski definition) is 3. The zero-order valence-electron chi connectivity index (χ0n) is 16.9. The fourth-order valence-electron chi connectivity index (χ4n) is 3.37. The van der Waals surface area contributed by atoms with Crippen molar-refractivity contribution in [3.63, 3.8) is 0 Å². The van der Waals surface area contributed by atoms with Gasteiger partial charge >= 0.3 is 5.69 Å². The van der Waals surface area contributed by atoms with Gasteiger partial charge in [0.25, 0.3) is 11.5 Å². The predicted octanol–water partition coefficient (Wildman–Crippen LogP) is 2.19. The van der Waals surface area contributed by atoms with Gasteiger partial charge in [-0.3, -0.25) is 19.0 Å². The minimum atomic E-state index is -1.01. The molecule has 0 saturated heterocycles. The molecule has 4 rings (SSSR count). The van der Waals surface area contributed by atoms with Crippen molar-refractivity contribution in [3.8, 4) is 0 Å². The molecule has 8 heteroatoms. The van der Waals surface area contributed by atoms with Gasteiger partial charge in [-0.2, -0.15) is 0 Å². The number of para-hydroxylation sites is 2. The number of H-pyrrole nitrogens is 1. The molecule has 32 heavy (non-hydrogen) atoms. The molecule has 3 N–H and O–H groups in total. The monoisotopic (exact) mass is 428 g/mol. The topological polar surface area (TPSA) is 113 Å². The minimum absolute atomic E-state index is 0.293. The molecule has 1 atom stereocenters. The third kappa shape index (κ3) is 4.49. The molecular weight excluding hydrogens is 408 g/mol. The van der Waals surface area contributed by atoms with Gasteiger partial charge in [0.2, 0.25) is 5.91 Å². The maximum atomic E-state index is 12.9. The van der Waals surface area contributed by atoms with Crippen molar-refractivity contribution < 1.29 is 9.59 Å². The van der Waals surface area contributed by atoms with Gasteiger partial charge in [-0.1, -0.05) is 60.7 Å². The molecule has 2 amide bonds. The molecule has 1 unspecified atom stereocenters. The van der Waals surface area contributed by atoms with E-state index in [-0.39, 0.29) is 0 Å². The molecule has 3 aromatic carbocycles. The Kier molecular flexibility index (Phi) is 5.94. The quantitative estimate of drug-likeness (QED) is 0.437. The lowest BCUT2D eigenvalue weighted by atomic mass is 10.1. The second kappa shape index (κ2) is 9.13. The first kappa shape index (κ1) is 20.8. The highest BCUT2D eigenvalue weighted by atomic mass is 16.2. The number of nitrogens with zero attached hydrogens (tertiary/aromatic N) is 1. The van der Waals surface area contributed by atoms with Crippen molar-refractivity contribution in [2.45, 2.75) is 12.6 Å². The summed E-state index contributed by atoms with van der Waals surface area (Å²) in [6.45, 7) is -0.527. The van der Waals surface area contributed by atoms with Gasteiger partial charge in [0.1, 0.15) is 12.6 Å². The Balaban J connectivity index is 1.59. The van der Waals surface area contributed by atoms with Gasteiger partial charge in [-0.25, -0.2) is 4.79 Å². The lowest BCUT2D eigenvalue weighted by molar-refractivity contribution is -0.127. The number of rotatable bonds is 6. The van der Waals surface area contributed by atoms with E-state index in [0.717, 1.165) is 4.57 Å². The standard InChI is InChI=1S/C24H20N4O4/c29-20(15-28-23(31)18-13-7-8-14-19(18)26-24(28)32)27-21(16-9-3-1-4-10-16)22(30)25-17-11-5-2-6-12-17/h1-14,21H,15H2,(H,25,30)(H,26,32)(H,27,29). The van der Waals surface area contributed by atoms with Crippen LogP contribution in [0, 0.1) is 0 Å². The Hall–Kier alpha value is -4.46. The summed E-state index contributed by atoms with van der Waals surface area (Å²) < 4.78 is 0.814. The number of hydrogen-bond acceptors (Lipinski definition) is 4. The highest BCUT2D eigenvalue weighted by Gasteiger charge is 2.23. The van der Waals surface area contributed by atoms with E-state index in [1.807, 2.05) is 6.07 Å². The van der Waals surface area contributed by atoms with E-state index < -0.39 is 35.6 Å². The van der Waals surface area contributed by atoms with Crippen LogP contribution in [0.15, 0.2) is 94.5 Å². The molecule has 0 radical (unpaired) electrons. The highest BCUT2D eigenvalue weighted by Crippen LogP contribution is 2.16. The average Bonchev–Trinajstić information content (AvgIpc) is 2.81. The van der Waals surface area contributed by atoms with Crippen LogP contribution in [0.3, 0.4) is 0 Å². The molecule has 0 fully saturated rings. The Morgan fingerprint density at radius 3 is 2.19 bits per heavy atom. The summed E-state index contributed by atoms with van der Waals surface area (Å²) in [5.41, 5.74) is 0.255. The van der Waals surface area contributed by atoms with Crippen molar-refractivity contribution in [2.75, 3.05) is 5.32 Å². The van der Waals surface area contributed by atoms with Crippen LogP contribution in [0.1, 0.15) is 11.6 Å². The number of benzene rings is 3. The van der Waals surface area contributed by atoms with Crippen LogP contribution in [-0.4, -0.2) is 21.4 Å². The molecule has 0 spiro atoms. The average molecular weight is 428 g/mol. The number of anilines is 1. The summed E-state index contributed by atoms with van der Waals surface area (Å²) in [5, 5.41) is 5.70.